The van der Waals surface area contributed by atoms with Gasteiger partial charge < -0.3 is 16.8 Å². The zero-order valence-electron chi connectivity index (χ0n) is 7.16. The predicted molar refractivity (Wildman–Crippen MR) is 50.0 cm³/mol. The number of anilines is 1. The van der Waals surface area contributed by atoms with E-state index in [4.69, 9.17) is 11.5 Å². The van der Waals surface area contributed by atoms with Crippen molar-refractivity contribution >= 4 is 11.6 Å². The SMILES string of the molecule is NCCNC(=O)c1ccc(N)cn1. The Balaban J connectivity index is 2.61. The van der Waals surface area contributed by atoms with E-state index < -0.39 is 0 Å². The van der Waals surface area contributed by atoms with Crippen molar-refractivity contribution in [3.63, 3.8) is 0 Å². The fourth-order valence-electron chi connectivity index (χ4n) is 0.816. The highest BCUT2D eigenvalue weighted by Crippen LogP contribution is 2.00. The molecule has 0 spiro atoms. The molecule has 0 aliphatic rings. The number of nitrogens with two attached hydrogens (primary N) is 2. The number of nitrogens with one attached hydrogen (secondary N) is 1. The Bertz CT molecular complexity index is 283. The number of carbonyl (C=O) groups is 1. The minimum atomic E-state index is -0.231. The highest BCUT2D eigenvalue weighted by Gasteiger charge is 2.04. The molecule has 5 heteroatoms. The highest BCUT2D eigenvalue weighted by atomic mass is 16.1. The van der Waals surface area contributed by atoms with Crippen LogP contribution >= 0.6 is 0 Å². The summed E-state index contributed by atoms with van der Waals surface area (Å²) in [7, 11) is 0. The smallest absolute Gasteiger partial charge is 0.269 e. The van der Waals surface area contributed by atoms with Crippen LogP contribution in [0.4, 0.5) is 5.69 Å². The molecule has 0 saturated carbocycles. The molecule has 0 fully saturated rings. The molecule has 0 bridgehead atoms. The minimum absolute atomic E-state index is 0.231. The second-order valence-corrected chi connectivity index (χ2v) is 2.52. The Kier molecular flexibility index (Phi) is 3.22. The number of carbonyl (C=O) groups excluding carboxylic acids is 1. The molecule has 70 valence electrons. The molecule has 0 aliphatic heterocycles. The van der Waals surface area contributed by atoms with Crippen LogP contribution in [0.25, 0.3) is 0 Å². The molecule has 1 heterocycles. The van der Waals surface area contributed by atoms with Gasteiger partial charge in [0.1, 0.15) is 5.69 Å². The Hall–Kier alpha value is -1.62. The normalized spacial score (nSPS) is 9.62. The van der Waals surface area contributed by atoms with E-state index in [1.54, 1.807) is 12.1 Å². The lowest BCUT2D eigenvalue weighted by molar-refractivity contribution is 0.0950. The van der Waals surface area contributed by atoms with Gasteiger partial charge in [0.15, 0.2) is 0 Å². The summed E-state index contributed by atoms with van der Waals surface area (Å²) in [5.41, 5.74) is 11.5. The van der Waals surface area contributed by atoms with Crippen molar-refractivity contribution in [2.45, 2.75) is 0 Å². The third kappa shape index (κ3) is 2.72. The number of hydrogen-bond donors (Lipinski definition) is 3. The first-order valence-electron chi connectivity index (χ1n) is 3.94. The van der Waals surface area contributed by atoms with Crippen molar-refractivity contribution in [1.82, 2.24) is 10.3 Å². The van der Waals surface area contributed by atoms with Crippen molar-refractivity contribution in [2.24, 2.45) is 5.73 Å². The molecular formula is C8H12N4O. The quantitative estimate of drug-likeness (QED) is 0.576. The van der Waals surface area contributed by atoms with E-state index in [0.29, 0.717) is 24.5 Å². The van der Waals surface area contributed by atoms with Gasteiger partial charge >= 0.3 is 0 Å². The van der Waals surface area contributed by atoms with Gasteiger partial charge in [-0.05, 0) is 12.1 Å². The zero-order valence-corrected chi connectivity index (χ0v) is 7.16. The van der Waals surface area contributed by atoms with Crippen LogP contribution in [0, 0.1) is 0 Å². The van der Waals surface area contributed by atoms with Gasteiger partial charge in [0.05, 0.1) is 11.9 Å². The van der Waals surface area contributed by atoms with Crippen LogP contribution in [0.1, 0.15) is 10.5 Å². The Morgan fingerprint density at radius 1 is 1.54 bits per heavy atom. The second-order valence-electron chi connectivity index (χ2n) is 2.52. The van der Waals surface area contributed by atoms with Crippen LogP contribution in [-0.4, -0.2) is 24.0 Å². The summed E-state index contributed by atoms with van der Waals surface area (Å²) < 4.78 is 0. The largest absolute Gasteiger partial charge is 0.397 e. The Morgan fingerprint density at radius 2 is 2.31 bits per heavy atom. The van der Waals surface area contributed by atoms with Crippen molar-refractivity contribution in [2.75, 3.05) is 18.8 Å². The molecule has 1 aromatic heterocycles. The van der Waals surface area contributed by atoms with Crippen LogP contribution in [-0.2, 0) is 0 Å². The number of aromatic nitrogens is 1. The summed E-state index contributed by atoms with van der Waals surface area (Å²) in [6, 6.07) is 3.20. The maximum Gasteiger partial charge on any atom is 0.269 e. The molecular weight excluding hydrogens is 168 g/mol. The monoisotopic (exact) mass is 180 g/mol. The van der Waals surface area contributed by atoms with Gasteiger partial charge in [0.2, 0.25) is 0 Å². The van der Waals surface area contributed by atoms with Gasteiger partial charge in [-0.25, -0.2) is 4.98 Å². The van der Waals surface area contributed by atoms with Crippen LogP contribution in [0.15, 0.2) is 18.3 Å². The van der Waals surface area contributed by atoms with Crippen LogP contribution < -0.4 is 16.8 Å². The molecule has 5 N–H and O–H groups in total. The summed E-state index contributed by atoms with van der Waals surface area (Å²) in [5.74, 6) is -0.231. The summed E-state index contributed by atoms with van der Waals surface area (Å²) in [6.45, 7) is 0.867. The van der Waals surface area contributed by atoms with Crippen molar-refractivity contribution < 1.29 is 4.79 Å². The van der Waals surface area contributed by atoms with E-state index in [9.17, 15) is 4.79 Å². The predicted octanol–water partition coefficient (Wildman–Crippen LogP) is -0.648. The van der Waals surface area contributed by atoms with Crippen LogP contribution in [0.2, 0.25) is 0 Å². The zero-order chi connectivity index (χ0) is 9.68. The molecule has 13 heavy (non-hydrogen) atoms. The van der Waals surface area contributed by atoms with E-state index in [-0.39, 0.29) is 5.91 Å². The summed E-state index contributed by atoms with van der Waals surface area (Å²) in [6.07, 6.45) is 1.44. The fourth-order valence-corrected chi connectivity index (χ4v) is 0.816. The van der Waals surface area contributed by atoms with E-state index in [1.807, 2.05) is 0 Å². The van der Waals surface area contributed by atoms with Crippen molar-refractivity contribution in [1.29, 1.82) is 0 Å². The first-order valence-corrected chi connectivity index (χ1v) is 3.94. The highest BCUT2D eigenvalue weighted by molar-refractivity contribution is 5.92. The average molecular weight is 180 g/mol. The molecule has 1 rings (SSSR count). The lowest BCUT2D eigenvalue weighted by Gasteiger charge is -2.01. The van der Waals surface area contributed by atoms with Crippen molar-refractivity contribution in [3.8, 4) is 0 Å². The minimum Gasteiger partial charge on any atom is -0.397 e. The number of pyridine rings is 1. The average Bonchev–Trinajstić information content (AvgIpc) is 2.15. The first-order chi connectivity index (χ1) is 6.24. The maximum absolute atomic E-state index is 11.2. The van der Waals surface area contributed by atoms with Gasteiger partial charge in [-0.3, -0.25) is 4.79 Å². The molecule has 0 aromatic carbocycles. The van der Waals surface area contributed by atoms with E-state index in [1.165, 1.54) is 6.20 Å². The van der Waals surface area contributed by atoms with E-state index >= 15 is 0 Å². The molecule has 1 amide bonds. The van der Waals surface area contributed by atoms with Gasteiger partial charge in [0.25, 0.3) is 5.91 Å². The fraction of sp³-hybridized carbons (Fsp3) is 0.250. The van der Waals surface area contributed by atoms with Gasteiger partial charge in [-0.2, -0.15) is 0 Å². The van der Waals surface area contributed by atoms with Gasteiger partial charge in [0, 0.05) is 13.1 Å². The second kappa shape index (κ2) is 4.42. The maximum atomic E-state index is 11.2. The Morgan fingerprint density at radius 3 is 2.85 bits per heavy atom. The van der Waals surface area contributed by atoms with E-state index in [0.717, 1.165) is 0 Å². The van der Waals surface area contributed by atoms with E-state index in [2.05, 4.69) is 10.3 Å². The topological polar surface area (TPSA) is 94.0 Å². The Labute approximate surface area is 76.1 Å². The number of nitrogen functional groups attached to an aromatic ring is 1. The molecule has 0 aliphatic carbocycles. The van der Waals surface area contributed by atoms with Crippen LogP contribution in [0.5, 0.6) is 0 Å². The summed E-state index contributed by atoms with van der Waals surface area (Å²) >= 11 is 0. The lowest BCUT2D eigenvalue weighted by Crippen LogP contribution is -2.29. The molecule has 0 radical (unpaired) electrons. The number of hydrogen-bond acceptors (Lipinski definition) is 4. The number of rotatable bonds is 3. The lowest BCUT2D eigenvalue weighted by atomic mass is 10.3. The summed E-state index contributed by atoms with van der Waals surface area (Å²) in [4.78, 5) is 15.1. The number of amides is 1. The molecule has 5 nitrogen and oxygen atoms in total. The third-order valence-corrected chi connectivity index (χ3v) is 1.45. The standard InChI is InChI=1S/C8H12N4O/c9-3-4-11-8(13)7-2-1-6(10)5-12-7/h1-2,5H,3-4,9-10H2,(H,11,13). The molecule has 1 aromatic rings. The summed E-state index contributed by atoms with van der Waals surface area (Å²) in [5, 5.41) is 2.60. The molecule has 0 unspecified atom stereocenters. The van der Waals surface area contributed by atoms with Gasteiger partial charge in [-0.1, -0.05) is 0 Å². The third-order valence-electron chi connectivity index (χ3n) is 1.45. The first kappa shape index (κ1) is 9.47. The van der Waals surface area contributed by atoms with Crippen molar-refractivity contribution in [3.05, 3.63) is 24.0 Å². The molecule has 0 atom stereocenters. The number of nitrogens with zero attached hydrogens (tertiary/aromatic N) is 1. The van der Waals surface area contributed by atoms with Crippen LogP contribution in [0.3, 0.4) is 0 Å². The molecule has 0 saturated heterocycles. The van der Waals surface area contributed by atoms with Gasteiger partial charge in [-0.15, -0.1) is 0 Å².